The lowest BCUT2D eigenvalue weighted by atomic mass is 9.50. The number of carbonyl (C=O) groups is 2. The number of Topliss-reactive ketones (excluding diaryl/α,β-unsaturated/α-hetero) is 1. The highest BCUT2D eigenvalue weighted by atomic mass is 16.1. The average molecular weight is 397 g/mol. The largest absolute Gasteiger partial charge is 0.299 e. The van der Waals surface area contributed by atoms with E-state index in [2.05, 4.69) is 26.8 Å². The summed E-state index contributed by atoms with van der Waals surface area (Å²) in [7, 11) is 0. The Balaban J connectivity index is 1.63. The predicted molar refractivity (Wildman–Crippen MR) is 118 cm³/mol. The molecule has 0 bridgehead atoms. The van der Waals surface area contributed by atoms with Gasteiger partial charge in [0, 0.05) is 18.3 Å². The summed E-state index contributed by atoms with van der Waals surface area (Å²) in [6, 6.07) is 0. The van der Waals surface area contributed by atoms with Crippen molar-refractivity contribution in [3.05, 3.63) is 23.3 Å². The van der Waals surface area contributed by atoms with Crippen LogP contribution < -0.4 is 0 Å². The van der Waals surface area contributed by atoms with E-state index < -0.39 is 0 Å². The smallest absolute Gasteiger partial charge is 0.157 e. The van der Waals surface area contributed by atoms with E-state index in [1.807, 2.05) is 13.8 Å². The molecule has 2 fully saturated rings. The quantitative estimate of drug-likeness (QED) is 0.391. The monoisotopic (exact) mass is 396 g/mol. The Morgan fingerprint density at radius 2 is 1.83 bits per heavy atom. The number of fused-ring (bicyclic) bond motifs is 4. The summed E-state index contributed by atoms with van der Waals surface area (Å²) in [5.74, 6) is 2.35. The third-order valence-corrected chi connectivity index (χ3v) is 9.52. The topological polar surface area (TPSA) is 34.1 Å². The first kappa shape index (κ1) is 21.1. The fraction of sp³-hybridized carbons (Fsp3) is 0.778. The van der Waals surface area contributed by atoms with Gasteiger partial charge in [-0.25, -0.2) is 0 Å². The van der Waals surface area contributed by atoms with Crippen molar-refractivity contribution in [2.75, 3.05) is 0 Å². The zero-order chi connectivity index (χ0) is 21.0. The maximum atomic E-state index is 13.4. The predicted octanol–water partition coefficient (Wildman–Crippen LogP) is 6.70. The second-order valence-corrected chi connectivity index (χ2v) is 11.4. The molecule has 29 heavy (non-hydrogen) atoms. The van der Waals surface area contributed by atoms with Gasteiger partial charge in [-0.05, 0) is 73.2 Å². The molecule has 4 rings (SSSR count). The van der Waals surface area contributed by atoms with E-state index in [0.29, 0.717) is 23.5 Å². The molecule has 6 atom stereocenters. The summed E-state index contributed by atoms with van der Waals surface area (Å²) in [6.07, 6.45) is 14.8. The standard InChI is InChI=1S/C27H40O2/c1-17(2)23(28)12-9-18(3)22-16-24(29)25-20-11-10-19-8-6-7-14-26(19,4)21(20)13-15-27(22,25)5/h9,12,17-19,22,25H,6-8,10-11,13-16H2,1-5H3/t18-,19?,22-,25+,26+,27-/m1/s1. The summed E-state index contributed by atoms with van der Waals surface area (Å²) < 4.78 is 0. The second kappa shape index (κ2) is 7.50. The fourth-order valence-electron chi connectivity index (χ4n) is 7.70. The summed E-state index contributed by atoms with van der Waals surface area (Å²) >= 11 is 0. The molecule has 0 aromatic rings. The third-order valence-electron chi connectivity index (χ3n) is 9.52. The van der Waals surface area contributed by atoms with Gasteiger partial charge in [0.05, 0.1) is 0 Å². The highest BCUT2D eigenvalue weighted by Gasteiger charge is 2.58. The van der Waals surface area contributed by atoms with E-state index >= 15 is 0 Å². The Labute approximate surface area is 177 Å². The Morgan fingerprint density at radius 3 is 2.55 bits per heavy atom. The van der Waals surface area contributed by atoms with Gasteiger partial charge in [-0.15, -0.1) is 0 Å². The van der Waals surface area contributed by atoms with E-state index in [-0.39, 0.29) is 29.0 Å². The van der Waals surface area contributed by atoms with Gasteiger partial charge in [-0.2, -0.15) is 0 Å². The number of hydrogen-bond acceptors (Lipinski definition) is 2. The van der Waals surface area contributed by atoms with E-state index in [9.17, 15) is 9.59 Å². The second-order valence-electron chi connectivity index (χ2n) is 11.4. The van der Waals surface area contributed by atoms with Gasteiger partial charge in [0.2, 0.25) is 0 Å². The first-order valence-corrected chi connectivity index (χ1v) is 12.2. The molecular formula is C27H40O2. The van der Waals surface area contributed by atoms with Crippen molar-refractivity contribution in [3.8, 4) is 0 Å². The van der Waals surface area contributed by atoms with Crippen molar-refractivity contribution < 1.29 is 9.59 Å². The molecule has 0 heterocycles. The molecule has 1 unspecified atom stereocenters. The van der Waals surface area contributed by atoms with E-state index in [1.165, 1.54) is 38.5 Å². The molecule has 4 aliphatic rings. The van der Waals surface area contributed by atoms with Crippen molar-refractivity contribution in [2.24, 2.45) is 40.4 Å². The Hall–Kier alpha value is -1.18. The van der Waals surface area contributed by atoms with Gasteiger partial charge < -0.3 is 0 Å². The van der Waals surface area contributed by atoms with Crippen LogP contribution in [0.1, 0.15) is 92.4 Å². The molecular weight excluding hydrogens is 356 g/mol. The minimum Gasteiger partial charge on any atom is -0.299 e. The lowest BCUT2D eigenvalue weighted by Crippen LogP contribution is -2.44. The van der Waals surface area contributed by atoms with Crippen molar-refractivity contribution in [3.63, 3.8) is 0 Å². The molecule has 4 aliphatic carbocycles. The van der Waals surface area contributed by atoms with Gasteiger partial charge in [-0.3, -0.25) is 9.59 Å². The Kier molecular flexibility index (Phi) is 5.45. The third kappa shape index (κ3) is 3.29. The average Bonchev–Trinajstić information content (AvgIpc) is 2.96. The molecule has 0 radical (unpaired) electrons. The van der Waals surface area contributed by atoms with Crippen molar-refractivity contribution in [2.45, 2.75) is 92.4 Å². The fourth-order valence-corrected chi connectivity index (χ4v) is 7.70. The zero-order valence-electron chi connectivity index (χ0n) is 19.2. The molecule has 0 amide bonds. The first-order valence-electron chi connectivity index (χ1n) is 12.2. The van der Waals surface area contributed by atoms with Crippen LogP contribution in [0.4, 0.5) is 0 Å². The van der Waals surface area contributed by atoms with Crippen LogP contribution in [0.5, 0.6) is 0 Å². The highest BCUT2D eigenvalue weighted by Crippen LogP contribution is 2.64. The molecule has 160 valence electrons. The molecule has 2 nitrogen and oxygen atoms in total. The lowest BCUT2D eigenvalue weighted by Gasteiger charge is -2.54. The van der Waals surface area contributed by atoms with Crippen molar-refractivity contribution >= 4 is 11.6 Å². The van der Waals surface area contributed by atoms with Crippen LogP contribution in [0, 0.1) is 40.4 Å². The summed E-state index contributed by atoms with van der Waals surface area (Å²) in [4.78, 5) is 25.5. The minimum absolute atomic E-state index is 0.0424. The van der Waals surface area contributed by atoms with Crippen LogP contribution in [0.15, 0.2) is 23.3 Å². The maximum absolute atomic E-state index is 13.4. The molecule has 0 saturated heterocycles. The normalized spacial score (nSPS) is 40.8. The summed E-state index contributed by atoms with van der Waals surface area (Å²) in [5, 5.41) is 0. The van der Waals surface area contributed by atoms with Crippen LogP contribution in [-0.4, -0.2) is 11.6 Å². The maximum Gasteiger partial charge on any atom is 0.157 e. The molecule has 0 aliphatic heterocycles. The van der Waals surface area contributed by atoms with Crippen LogP contribution in [0.3, 0.4) is 0 Å². The Bertz CT molecular complexity index is 756. The molecule has 2 saturated carbocycles. The molecule has 0 aromatic carbocycles. The van der Waals surface area contributed by atoms with Gasteiger partial charge in [0.25, 0.3) is 0 Å². The van der Waals surface area contributed by atoms with E-state index in [1.54, 1.807) is 17.2 Å². The van der Waals surface area contributed by atoms with Crippen LogP contribution >= 0.6 is 0 Å². The van der Waals surface area contributed by atoms with Gasteiger partial charge in [0.15, 0.2) is 5.78 Å². The highest BCUT2D eigenvalue weighted by molar-refractivity contribution is 5.91. The number of ketones is 2. The Morgan fingerprint density at radius 1 is 1.07 bits per heavy atom. The van der Waals surface area contributed by atoms with Crippen molar-refractivity contribution in [1.29, 1.82) is 0 Å². The minimum atomic E-state index is 0.0424. The summed E-state index contributed by atoms with van der Waals surface area (Å²) in [5.41, 5.74) is 3.68. The first-order chi connectivity index (χ1) is 13.7. The zero-order valence-corrected chi connectivity index (χ0v) is 19.2. The van der Waals surface area contributed by atoms with E-state index in [0.717, 1.165) is 18.8 Å². The molecule has 0 spiro atoms. The van der Waals surface area contributed by atoms with Crippen molar-refractivity contribution in [1.82, 2.24) is 0 Å². The van der Waals surface area contributed by atoms with Gasteiger partial charge >= 0.3 is 0 Å². The number of allylic oxidation sites excluding steroid dienone is 4. The van der Waals surface area contributed by atoms with E-state index in [4.69, 9.17) is 0 Å². The number of carbonyl (C=O) groups excluding carboxylic acids is 2. The molecule has 2 heteroatoms. The summed E-state index contributed by atoms with van der Waals surface area (Å²) in [6.45, 7) is 11.0. The molecule has 0 N–H and O–H groups in total. The molecule has 0 aromatic heterocycles. The lowest BCUT2D eigenvalue weighted by molar-refractivity contribution is -0.121. The van der Waals surface area contributed by atoms with Gasteiger partial charge in [0.1, 0.15) is 5.78 Å². The van der Waals surface area contributed by atoms with Crippen LogP contribution in [0.25, 0.3) is 0 Å². The van der Waals surface area contributed by atoms with Crippen LogP contribution in [-0.2, 0) is 9.59 Å². The van der Waals surface area contributed by atoms with Crippen LogP contribution in [0.2, 0.25) is 0 Å². The SMILES string of the molecule is CC(C)C(=O)C=C[C@@H](C)[C@H]1CC(=O)[C@@H]2C3=C(CC[C@@]21C)[C@@]1(C)CCCCC1CC3. The van der Waals surface area contributed by atoms with Gasteiger partial charge in [-0.1, -0.05) is 64.7 Å². The number of hydrogen-bond donors (Lipinski definition) is 0. The number of rotatable bonds is 4.